The Bertz CT molecular complexity index is 1330. The van der Waals surface area contributed by atoms with Crippen molar-refractivity contribution in [3.8, 4) is 17.1 Å². The van der Waals surface area contributed by atoms with Crippen LogP contribution < -0.4 is 15.5 Å². The molecule has 0 aliphatic carbocycles. The molecule has 1 aliphatic rings. The lowest BCUT2D eigenvalue weighted by molar-refractivity contribution is -0.116. The summed E-state index contributed by atoms with van der Waals surface area (Å²) in [5.74, 6) is 1.28. The molecular formula is C25H22ClN5O2S. The lowest BCUT2D eigenvalue weighted by atomic mass is 10.0. The normalized spacial score (nSPS) is 16.9. The van der Waals surface area contributed by atoms with Gasteiger partial charge in [0, 0.05) is 16.3 Å². The summed E-state index contributed by atoms with van der Waals surface area (Å²) in [6.45, 7) is 1.93. The summed E-state index contributed by atoms with van der Waals surface area (Å²) in [7, 11) is 1.63. The third-order valence-corrected chi connectivity index (χ3v) is 7.11. The minimum Gasteiger partial charge on any atom is -0.497 e. The number of halogens is 1. The quantitative estimate of drug-likeness (QED) is 0.393. The van der Waals surface area contributed by atoms with E-state index in [1.807, 2.05) is 72.3 Å². The Balaban J connectivity index is 1.52. The molecule has 0 fully saturated rings. The maximum atomic E-state index is 13.5. The number of benzene rings is 3. The number of nitrogens with one attached hydrogen (secondary N) is 2. The molecule has 7 nitrogen and oxygen atoms in total. The first-order chi connectivity index (χ1) is 16.5. The number of hydrogen-bond acceptors (Lipinski definition) is 6. The summed E-state index contributed by atoms with van der Waals surface area (Å²) < 4.78 is 7.16. The minimum absolute atomic E-state index is 0.154. The first-order valence-electron chi connectivity index (χ1n) is 10.7. The highest BCUT2D eigenvalue weighted by Gasteiger charge is 2.38. The summed E-state index contributed by atoms with van der Waals surface area (Å²) in [5, 5.41) is 12.5. The van der Waals surface area contributed by atoms with Crippen molar-refractivity contribution >= 4 is 35.0 Å². The van der Waals surface area contributed by atoms with Gasteiger partial charge in [-0.1, -0.05) is 71.9 Å². The van der Waals surface area contributed by atoms with Crippen molar-refractivity contribution < 1.29 is 9.53 Å². The number of methoxy groups -OCH3 is 1. The number of ether oxygens (including phenoxy) is 1. The molecule has 0 bridgehead atoms. The molecule has 1 amide bonds. The number of amides is 1. The molecule has 0 spiro atoms. The van der Waals surface area contributed by atoms with Gasteiger partial charge in [-0.25, -0.2) is 4.68 Å². The number of carbonyl (C=O) groups is 1. The Morgan fingerprint density at radius 1 is 1.09 bits per heavy atom. The fourth-order valence-corrected chi connectivity index (χ4v) is 5.08. The second-order valence-electron chi connectivity index (χ2n) is 7.87. The number of anilines is 1. The fourth-order valence-electron chi connectivity index (χ4n) is 3.82. The molecule has 4 aromatic rings. The fraction of sp³-hybridized carbons (Fsp3) is 0.160. The van der Waals surface area contributed by atoms with E-state index in [1.54, 1.807) is 19.2 Å². The van der Waals surface area contributed by atoms with Gasteiger partial charge in [-0.15, -0.1) is 10.2 Å². The zero-order chi connectivity index (χ0) is 23.7. The van der Waals surface area contributed by atoms with E-state index in [9.17, 15) is 4.79 Å². The number of carbonyl (C=O) groups excluding carboxylic acids is 1. The van der Waals surface area contributed by atoms with Crippen LogP contribution in [0.4, 0.5) is 5.69 Å². The molecule has 172 valence electrons. The Morgan fingerprint density at radius 2 is 1.85 bits per heavy atom. The number of fused-ring (bicyclic) bond motifs is 1. The van der Waals surface area contributed by atoms with Gasteiger partial charge in [-0.05, 0) is 42.3 Å². The van der Waals surface area contributed by atoms with Crippen LogP contribution in [-0.4, -0.2) is 33.1 Å². The molecule has 0 saturated heterocycles. The van der Waals surface area contributed by atoms with Crippen LogP contribution in [0.3, 0.4) is 0 Å². The van der Waals surface area contributed by atoms with E-state index < -0.39 is 5.25 Å². The number of rotatable bonds is 5. The van der Waals surface area contributed by atoms with Crippen LogP contribution in [0.5, 0.6) is 5.75 Å². The van der Waals surface area contributed by atoms with E-state index in [1.165, 1.54) is 11.8 Å². The topological polar surface area (TPSA) is 81.1 Å². The molecule has 9 heteroatoms. The monoisotopic (exact) mass is 491 g/mol. The molecule has 2 N–H and O–H groups in total. The second kappa shape index (κ2) is 9.40. The van der Waals surface area contributed by atoms with Crippen LogP contribution in [0, 0.1) is 6.92 Å². The molecule has 5 rings (SSSR count). The van der Waals surface area contributed by atoms with E-state index in [4.69, 9.17) is 16.3 Å². The maximum absolute atomic E-state index is 13.5. The van der Waals surface area contributed by atoms with Gasteiger partial charge in [0.1, 0.15) is 11.0 Å². The molecule has 1 aliphatic heterocycles. The van der Waals surface area contributed by atoms with Crippen LogP contribution in [0.25, 0.3) is 11.4 Å². The van der Waals surface area contributed by atoms with E-state index >= 15 is 0 Å². The smallest absolute Gasteiger partial charge is 0.240 e. The predicted octanol–water partition coefficient (Wildman–Crippen LogP) is 5.31. The van der Waals surface area contributed by atoms with Crippen LogP contribution in [0.15, 0.2) is 78.0 Å². The number of nitrogens with zero attached hydrogens (tertiary/aromatic N) is 3. The Morgan fingerprint density at radius 3 is 2.59 bits per heavy atom. The van der Waals surface area contributed by atoms with Gasteiger partial charge in [0.05, 0.1) is 13.2 Å². The van der Waals surface area contributed by atoms with Crippen LogP contribution in [0.1, 0.15) is 17.2 Å². The highest BCUT2D eigenvalue weighted by atomic mass is 35.5. The zero-order valence-corrected chi connectivity index (χ0v) is 20.1. The summed E-state index contributed by atoms with van der Waals surface area (Å²) >= 11 is 7.54. The highest BCUT2D eigenvalue weighted by molar-refractivity contribution is 8.00. The lowest BCUT2D eigenvalue weighted by Crippen LogP contribution is -2.41. The molecule has 34 heavy (non-hydrogen) atoms. The Labute approximate surface area is 206 Å². The molecule has 1 aromatic heterocycles. The van der Waals surface area contributed by atoms with E-state index in [0.29, 0.717) is 21.7 Å². The molecule has 0 radical (unpaired) electrons. The van der Waals surface area contributed by atoms with E-state index in [-0.39, 0.29) is 11.9 Å². The first kappa shape index (κ1) is 22.3. The maximum Gasteiger partial charge on any atom is 0.240 e. The summed E-state index contributed by atoms with van der Waals surface area (Å²) in [6.07, 6.45) is 0. The van der Waals surface area contributed by atoms with Crippen LogP contribution >= 0.6 is 23.4 Å². The molecule has 0 unspecified atom stereocenters. The number of aryl methyl sites for hydroxylation is 1. The molecule has 3 aromatic carbocycles. The summed E-state index contributed by atoms with van der Waals surface area (Å²) in [5.41, 5.74) is 6.97. The van der Waals surface area contributed by atoms with Crippen molar-refractivity contribution in [1.82, 2.24) is 14.9 Å². The highest BCUT2D eigenvalue weighted by Crippen LogP contribution is 2.39. The predicted molar refractivity (Wildman–Crippen MR) is 135 cm³/mol. The zero-order valence-electron chi connectivity index (χ0n) is 18.5. The number of hydrogen-bond donors (Lipinski definition) is 2. The van der Waals surface area contributed by atoms with Gasteiger partial charge in [0.2, 0.25) is 11.1 Å². The second-order valence-corrected chi connectivity index (χ2v) is 9.42. The third kappa shape index (κ3) is 4.34. The van der Waals surface area contributed by atoms with Gasteiger partial charge in [-0.2, -0.15) is 0 Å². The van der Waals surface area contributed by atoms with Crippen molar-refractivity contribution in [2.45, 2.75) is 23.4 Å². The number of thioether (sulfide) groups is 1. The molecule has 2 atom stereocenters. The third-order valence-electron chi connectivity index (χ3n) is 5.66. The Kier molecular flexibility index (Phi) is 6.17. The van der Waals surface area contributed by atoms with Crippen molar-refractivity contribution in [3.05, 3.63) is 88.9 Å². The van der Waals surface area contributed by atoms with E-state index in [0.717, 1.165) is 22.4 Å². The largest absolute Gasteiger partial charge is 0.497 e. The SMILES string of the molecule is COc1ccc([C@H]2Nn3c(nnc3-c3ccccc3)S[C@H]2C(=O)Nc2cc(Cl)ccc2C)cc1. The first-order valence-corrected chi connectivity index (χ1v) is 11.9. The van der Waals surface area contributed by atoms with E-state index in [2.05, 4.69) is 20.9 Å². The van der Waals surface area contributed by atoms with Gasteiger partial charge in [-0.3, -0.25) is 4.79 Å². The van der Waals surface area contributed by atoms with Crippen molar-refractivity contribution in [2.75, 3.05) is 17.9 Å². The van der Waals surface area contributed by atoms with Crippen LogP contribution in [0.2, 0.25) is 5.02 Å². The van der Waals surface area contributed by atoms with Gasteiger partial charge >= 0.3 is 0 Å². The van der Waals surface area contributed by atoms with Gasteiger partial charge in [0.15, 0.2) is 5.82 Å². The standard InChI is InChI=1S/C25H22ClN5O2S/c1-15-8-11-18(26)14-20(15)27-24(32)22-21(16-9-12-19(33-2)13-10-16)30-31-23(28-29-25(31)34-22)17-6-4-3-5-7-17/h3-14,21-22,30H,1-2H3,(H,27,32)/t21-,22-/m1/s1. The summed E-state index contributed by atoms with van der Waals surface area (Å²) in [6, 6.07) is 22.6. The molecule has 2 heterocycles. The molecular weight excluding hydrogens is 470 g/mol. The van der Waals surface area contributed by atoms with Crippen molar-refractivity contribution in [1.29, 1.82) is 0 Å². The van der Waals surface area contributed by atoms with Crippen molar-refractivity contribution in [2.24, 2.45) is 0 Å². The Hall–Kier alpha value is -3.49. The summed E-state index contributed by atoms with van der Waals surface area (Å²) in [4.78, 5) is 13.5. The molecule has 0 saturated carbocycles. The van der Waals surface area contributed by atoms with Crippen LogP contribution in [-0.2, 0) is 4.79 Å². The number of aromatic nitrogens is 3. The lowest BCUT2D eigenvalue weighted by Gasteiger charge is -2.33. The minimum atomic E-state index is -0.507. The average molecular weight is 492 g/mol. The average Bonchev–Trinajstić information content (AvgIpc) is 3.29. The van der Waals surface area contributed by atoms with Gasteiger partial charge < -0.3 is 15.5 Å². The van der Waals surface area contributed by atoms with Crippen molar-refractivity contribution in [3.63, 3.8) is 0 Å². The van der Waals surface area contributed by atoms with Gasteiger partial charge in [0.25, 0.3) is 0 Å².